The number of hydrazine groups is 2. The van der Waals surface area contributed by atoms with E-state index in [0.29, 0.717) is 0 Å². The first-order valence-corrected chi connectivity index (χ1v) is 9.71. The molecule has 32 heavy (non-hydrogen) atoms. The van der Waals surface area contributed by atoms with E-state index in [-0.39, 0.29) is 11.1 Å². The molecule has 3 rings (SSSR count). The number of hydrogen-bond acceptors (Lipinski definition) is 10. The third-order valence-electron chi connectivity index (χ3n) is 5.25. The molecule has 4 unspecified atom stereocenters. The normalized spacial score (nSPS) is 25.1. The summed E-state index contributed by atoms with van der Waals surface area (Å²) in [4.78, 5) is 74.1. The smallest absolute Gasteiger partial charge is 0.346 e. The molecule has 0 radical (unpaired) electrons. The van der Waals surface area contributed by atoms with Crippen molar-refractivity contribution in [1.82, 2.24) is 20.9 Å². The van der Waals surface area contributed by atoms with E-state index in [4.69, 9.17) is 9.47 Å². The Morgan fingerprint density at radius 2 is 1.09 bits per heavy atom. The summed E-state index contributed by atoms with van der Waals surface area (Å²) in [6.45, 7) is 3.15. The van der Waals surface area contributed by atoms with Crippen LogP contribution >= 0.6 is 0 Å². The number of benzene rings is 1. The van der Waals surface area contributed by atoms with Gasteiger partial charge in [0.05, 0.1) is 11.1 Å². The van der Waals surface area contributed by atoms with Gasteiger partial charge < -0.3 is 9.47 Å². The van der Waals surface area contributed by atoms with Gasteiger partial charge in [0.1, 0.15) is 0 Å². The first-order chi connectivity index (χ1) is 15.0. The predicted octanol–water partition coefficient (Wildman–Crippen LogP) is -0.984. The molecule has 12 nitrogen and oxygen atoms in total. The van der Waals surface area contributed by atoms with Crippen LogP contribution in [0.1, 0.15) is 34.6 Å². The van der Waals surface area contributed by atoms with Gasteiger partial charge in [0.2, 0.25) is 0 Å². The van der Waals surface area contributed by atoms with Crippen molar-refractivity contribution in [1.29, 1.82) is 0 Å². The number of amides is 2. The number of ether oxygens (including phenoxy) is 2. The van der Waals surface area contributed by atoms with E-state index in [1.54, 1.807) is 13.8 Å². The van der Waals surface area contributed by atoms with E-state index in [9.17, 15) is 28.8 Å². The zero-order valence-electron chi connectivity index (χ0n) is 17.8. The predicted molar refractivity (Wildman–Crippen MR) is 105 cm³/mol. The Labute approximate surface area is 182 Å². The minimum absolute atomic E-state index is 0.334. The molecule has 2 N–H and O–H groups in total. The zero-order valence-corrected chi connectivity index (χ0v) is 17.8. The van der Waals surface area contributed by atoms with E-state index in [0.717, 1.165) is 10.0 Å². The lowest BCUT2D eigenvalue weighted by molar-refractivity contribution is -0.150. The van der Waals surface area contributed by atoms with Crippen LogP contribution in [0.15, 0.2) is 24.3 Å². The van der Waals surface area contributed by atoms with E-state index in [1.807, 2.05) is 0 Å². The summed E-state index contributed by atoms with van der Waals surface area (Å²) in [5, 5.41) is 2.24. The molecule has 2 fully saturated rings. The third kappa shape index (κ3) is 4.22. The minimum atomic E-state index is -1.23. The first kappa shape index (κ1) is 23.0. The maximum Gasteiger partial charge on any atom is 0.346 e. The number of esters is 4. The Bertz CT molecular complexity index is 930. The topological polar surface area (TPSA) is 151 Å². The van der Waals surface area contributed by atoms with Crippen LogP contribution in [-0.4, -0.2) is 71.9 Å². The van der Waals surface area contributed by atoms with Crippen LogP contribution in [0.25, 0.3) is 0 Å². The summed E-state index contributed by atoms with van der Waals surface area (Å²) in [6.07, 6.45) is 0. The Balaban J connectivity index is 1.74. The van der Waals surface area contributed by atoms with Crippen LogP contribution in [0, 0.1) is 11.8 Å². The van der Waals surface area contributed by atoms with Crippen molar-refractivity contribution in [3.8, 4) is 0 Å². The number of carbonyl (C=O) groups is 6. The average molecular weight is 446 g/mol. The van der Waals surface area contributed by atoms with Crippen molar-refractivity contribution < 1.29 is 38.2 Å². The molecule has 170 valence electrons. The summed E-state index contributed by atoms with van der Waals surface area (Å²) in [7, 11) is 2.86. The Morgan fingerprint density at radius 3 is 1.38 bits per heavy atom. The summed E-state index contributed by atoms with van der Waals surface area (Å²) in [5.41, 5.74) is 4.78. The monoisotopic (exact) mass is 446 g/mol. The molecule has 2 aliphatic heterocycles. The zero-order chi connectivity index (χ0) is 23.7. The van der Waals surface area contributed by atoms with Crippen LogP contribution in [0.5, 0.6) is 0 Å². The van der Waals surface area contributed by atoms with E-state index >= 15 is 0 Å². The van der Waals surface area contributed by atoms with Gasteiger partial charge in [-0.2, -0.15) is 0 Å². The lowest BCUT2D eigenvalue weighted by Crippen LogP contribution is -2.34. The van der Waals surface area contributed by atoms with Gasteiger partial charge in [-0.1, -0.05) is 12.1 Å². The third-order valence-corrected chi connectivity index (χ3v) is 5.25. The van der Waals surface area contributed by atoms with Crippen molar-refractivity contribution in [3.63, 3.8) is 0 Å². The Morgan fingerprint density at radius 1 is 0.750 bits per heavy atom. The molecule has 4 atom stereocenters. The molecule has 2 amide bonds. The van der Waals surface area contributed by atoms with Gasteiger partial charge in [-0.25, -0.2) is 20.4 Å². The summed E-state index contributed by atoms with van der Waals surface area (Å²) in [6, 6.07) is 4.06. The molecule has 0 aromatic heterocycles. The minimum Gasteiger partial charge on any atom is -0.389 e. The van der Waals surface area contributed by atoms with Crippen LogP contribution < -0.4 is 10.9 Å². The van der Waals surface area contributed by atoms with E-state index < -0.39 is 59.6 Å². The maximum absolute atomic E-state index is 12.6. The summed E-state index contributed by atoms with van der Waals surface area (Å²) in [5.74, 6) is -8.13. The Kier molecular flexibility index (Phi) is 6.37. The van der Waals surface area contributed by atoms with Crippen LogP contribution in [0.2, 0.25) is 0 Å². The second-order valence-corrected chi connectivity index (χ2v) is 7.55. The molecule has 0 bridgehead atoms. The molecule has 12 heteroatoms. The highest BCUT2D eigenvalue weighted by Gasteiger charge is 2.44. The van der Waals surface area contributed by atoms with Crippen LogP contribution in [0.4, 0.5) is 0 Å². The van der Waals surface area contributed by atoms with Crippen molar-refractivity contribution in [2.24, 2.45) is 11.8 Å². The lowest BCUT2D eigenvalue weighted by Gasteiger charge is -2.13. The van der Waals surface area contributed by atoms with Gasteiger partial charge in [0, 0.05) is 26.2 Å². The molecular weight excluding hydrogens is 424 g/mol. The van der Waals surface area contributed by atoms with Crippen molar-refractivity contribution in [3.05, 3.63) is 35.4 Å². The first-order valence-electron chi connectivity index (χ1n) is 9.71. The molecule has 0 aliphatic carbocycles. The molecule has 1 aromatic rings. The van der Waals surface area contributed by atoms with E-state index in [2.05, 4.69) is 10.9 Å². The molecule has 0 saturated carbocycles. The van der Waals surface area contributed by atoms with Crippen LogP contribution in [0.3, 0.4) is 0 Å². The van der Waals surface area contributed by atoms with Gasteiger partial charge in [-0.05, 0) is 26.0 Å². The second-order valence-electron chi connectivity index (χ2n) is 7.55. The molecule has 1 aromatic carbocycles. The lowest BCUT2D eigenvalue weighted by atomic mass is 10.0. The highest BCUT2D eigenvalue weighted by molar-refractivity contribution is 6.11. The highest BCUT2D eigenvalue weighted by Crippen LogP contribution is 2.20. The molecule has 2 heterocycles. The van der Waals surface area contributed by atoms with Crippen molar-refractivity contribution in [2.75, 3.05) is 14.1 Å². The number of nitrogens with zero attached hydrogens (tertiary/aromatic N) is 2. The molecule has 0 spiro atoms. The van der Waals surface area contributed by atoms with Gasteiger partial charge >= 0.3 is 23.9 Å². The molecule has 2 aliphatic rings. The average Bonchev–Trinajstić information content (AvgIpc) is 3.13. The van der Waals surface area contributed by atoms with Gasteiger partial charge in [0.15, 0.2) is 11.8 Å². The quantitative estimate of drug-likeness (QED) is 0.436. The fourth-order valence-electron chi connectivity index (χ4n) is 3.60. The fraction of sp³-hybridized carbons (Fsp3) is 0.400. The highest BCUT2D eigenvalue weighted by atomic mass is 16.6. The number of hydrogen-bond donors (Lipinski definition) is 2. The number of rotatable bonds is 4. The van der Waals surface area contributed by atoms with Gasteiger partial charge in [0.25, 0.3) is 11.8 Å². The van der Waals surface area contributed by atoms with E-state index in [1.165, 1.54) is 38.4 Å². The number of nitrogens with one attached hydrogen (secondary N) is 2. The standard InChI is InChI=1S/C20H22N4O8/c1-9-13(15(25)23(3)21-9)19(29)31-17(27)11-7-5-6-8-12(11)18(28)32-20(30)14-10(2)22-24(4)16(14)26/h5-10,13-14,21-22H,1-4H3. The molecule has 2 saturated heterocycles. The fourth-order valence-corrected chi connectivity index (χ4v) is 3.60. The second kappa shape index (κ2) is 8.85. The summed E-state index contributed by atoms with van der Waals surface area (Å²) >= 11 is 0. The summed E-state index contributed by atoms with van der Waals surface area (Å²) < 4.78 is 9.65. The van der Waals surface area contributed by atoms with Crippen molar-refractivity contribution >= 4 is 35.7 Å². The van der Waals surface area contributed by atoms with Crippen LogP contribution in [-0.2, 0) is 28.7 Å². The van der Waals surface area contributed by atoms with Gasteiger partial charge in [-0.15, -0.1) is 0 Å². The SMILES string of the molecule is CC1NN(C)C(=O)C1C(=O)OC(=O)c1ccccc1C(=O)OC(=O)C1C(=O)N(C)NC1C. The number of carbonyl (C=O) groups excluding carboxylic acids is 6. The van der Waals surface area contributed by atoms with Gasteiger partial charge in [-0.3, -0.25) is 29.2 Å². The largest absolute Gasteiger partial charge is 0.389 e. The van der Waals surface area contributed by atoms with Crippen molar-refractivity contribution in [2.45, 2.75) is 25.9 Å². The maximum atomic E-state index is 12.6. The molecular formula is C20H22N4O8. The Hall–Kier alpha value is -3.64.